The number of carbonyl (C=O) groups is 1. The number of aliphatic hydroxyl groups is 2. The van der Waals surface area contributed by atoms with Crippen LogP contribution in [-0.4, -0.2) is 42.9 Å². The van der Waals surface area contributed by atoms with Crippen molar-refractivity contribution in [3.63, 3.8) is 0 Å². The average Bonchev–Trinajstić information content (AvgIpc) is 3.40. The number of pyridine rings is 1. The predicted octanol–water partition coefficient (Wildman–Crippen LogP) is 3.05. The number of cyclic esters (lactones) is 1. The summed E-state index contributed by atoms with van der Waals surface area (Å²) in [4.78, 5) is 20.8. The normalized spacial score (nSPS) is 22.2. The molecule has 1 saturated heterocycles. The molecule has 7 nitrogen and oxygen atoms in total. The van der Waals surface area contributed by atoms with Gasteiger partial charge in [0, 0.05) is 42.9 Å². The van der Waals surface area contributed by atoms with E-state index in [9.17, 15) is 15.0 Å². The summed E-state index contributed by atoms with van der Waals surface area (Å²) in [6, 6.07) is 13.8. The summed E-state index contributed by atoms with van der Waals surface area (Å²) in [5, 5.41) is 21.0. The maximum Gasteiger partial charge on any atom is 0.308 e. The Morgan fingerprint density at radius 1 is 1.10 bits per heavy atom. The summed E-state index contributed by atoms with van der Waals surface area (Å²) in [5.41, 5.74) is 2.71. The first kappa shape index (κ1) is 19.9. The van der Waals surface area contributed by atoms with Crippen molar-refractivity contribution in [3.8, 4) is 22.5 Å². The molecule has 7 heteroatoms. The fourth-order valence-corrected chi connectivity index (χ4v) is 4.28. The Labute approximate surface area is 180 Å². The SMILES string of the molecule is O=C1C[C@H](O)C[C@H](CCn2c(C3(O)CC3)nc(-c3ccncc3)c2-c2ccccc2)O1. The fraction of sp³-hybridized carbons (Fsp3) is 0.375. The van der Waals surface area contributed by atoms with Crippen LogP contribution in [-0.2, 0) is 21.7 Å². The van der Waals surface area contributed by atoms with Crippen LogP contribution < -0.4 is 0 Å². The second-order valence-electron chi connectivity index (χ2n) is 8.41. The molecule has 1 saturated carbocycles. The van der Waals surface area contributed by atoms with E-state index in [2.05, 4.69) is 9.55 Å². The van der Waals surface area contributed by atoms with Gasteiger partial charge in [-0.05, 0) is 25.0 Å². The summed E-state index contributed by atoms with van der Waals surface area (Å²) in [6.07, 6.45) is 4.81. The monoisotopic (exact) mass is 419 g/mol. The average molecular weight is 419 g/mol. The summed E-state index contributed by atoms with van der Waals surface area (Å²) >= 11 is 0. The Morgan fingerprint density at radius 2 is 1.84 bits per heavy atom. The first-order chi connectivity index (χ1) is 15.0. The van der Waals surface area contributed by atoms with Gasteiger partial charge < -0.3 is 19.5 Å². The van der Waals surface area contributed by atoms with Crippen molar-refractivity contribution in [3.05, 3.63) is 60.7 Å². The topological polar surface area (TPSA) is 97.5 Å². The molecule has 0 bridgehead atoms. The molecule has 2 N–H and O–H groups in total. The fourth-order valence-electron chi connectivity index (χ4n) is 4.28. The van der Waals surface area contributed by atoms with Crippen molar-refractivity contribution in [2.75, 3.05) is 0 Å². The molecular weight excluding hydrogens is 394 g/mol. The van der Waals surface area contributed by atoms with Gasteiger partial charge in [0.25, 0.3) is 0 Å². The molecule has 2 aliphatic rings. The molecule has 0 unspecified atom stereocenters. The van der Waals surface area contributed by atoms with Crippen LogP contribution in [0.5, 0.6) is 0 Å². The molecule has 1 aliphatic heterocycles. The maximum atomic E-state index is 11.8. The number of rotatable bonds is 6. The zero-order valence-electron chi connectivity index (χ0n) is 17.1. The number of esters is 1. The quantitative estimate of drug-likeness (QED) is 0.596. The molecule has 5 rings (SSSR count). The molecule has 1 aliphatic carbocycles. The van der Waals surface area contributed by atoms with Crippen LogP contribution in [0.3, 0.4) is 0 Å². The number of benzene rings is 1. The summed E-state index contributed by atoms with van der Waals surface area (Å²) in [7, 11) is 0. The van der Waals surface area contributed by atoms with Gasteiger partial charge in [-0.1, -0.05) is 30.3 Å². The van der Waals surface area contributed by atoms with E-state index in [0.29, 0.717) is 38.1 Å². The third-order valence-electron chi connectivity index (χ3n) is 6.02. The number of nitrogens with zero attached hydrogens (tertiary/aromatic N) is 3. The Balaban J connectivity index is 1.58. The van der Waals surface area contributed by atoms with E-state index in [-0.39, 0.29) is 18.5 Å². The first-order valence-electron chi connectivity index (χ1n) is 10.7. The second-order valence-corrected chi connectivity index (χ2v) is 8.41. The number of hydrogen-bond donors (Lipinski definition) is 2. The highest BCUT2D eigenvalue weighted by Gasteiger charge is 2.47. The van der Waals surface area contributed by atoms with Crippen LogP contribution in [0.25, 0.3) is 22.5 Å². The van der Waals surface area contributed by atoms with E-state index >= 15 is 0 Å². The summed E-state index contributed by atoms with van der Waals surface area (Å²) < 4.78 is 7.52. The van der Waals surface area contributed by atoms with E-state index in [1.54, 1.807) is 12.4 Å². The van der Waals surface area contributed by atoms with Crippen LogP contribution in [0.4, 0.5) is 0 Å². The van der Waals surface area contributed by atoms with E-state index in [4.69, 9.17) is 9.72 Å². The van der Waals surface area contributed by atoms with Gasteiger partial charge in [0.1, 0.15) is 17.5 Å². The first-order valence-corrected chi connectivity index (χ1v) is 10.7. The number of aromatic nitrogens is 3. The molecule has 31 heavy (non-hydrogen) atoms. The number of carbonyl (C=O) groups excluding carboxylic acids is 1. The van der Waals surface area contributed by atoms with Crippen LogP contribution in [0.15, 0.2) is 54.9 Å². The maximum absolute atomic E-state index is 11.8. The zero-order valence-corrected chi connectivity index (χ0v) is 17.1. The van der Waals surface area contributed by atoms with Crippen molar-refractivity contribution in [1.82, 2.24) is 14.5 Å². The molecule has 0 amide bonds. The van der Waals surface area contributed by atoms with E-state index < -0.39 is 11.7 Å². The van der Waals surface area contributed by atoms with Gasteiger partial charge in [-0.15, -0.1) is 0 Å². The lowest BCUT2D eigenvalue weighted by molar-refractivity contribution is -0.160. The van der Waals surface area contributed by atoms with Gasteiger partial charge in [0.2, 0.25) is 0 Å². The standard InChI is InChI=1S/C24H25N3O4/c28-18-14-19(31-20(29)15-18)8-13-27-22(17-4-2-1-3-5-17)21(16-6-11-25-12-7-16)26-23(27)24(30)9-10-24/h1-7,11-12,18-19,28,30H,8-10,13-15H2/t18-,19+/m1/s1. The minimum Gasteiger partial charge on any atom is -0.462 e. The Kier molecular flexibility index (Phi) is 5.08. The molecule has 2 aromatic heterocycles. The van der Waals surface area contributed by atoms with Crippen molar-refractivity contribution in [2.24, 2.45) is 0 Å². The molecule has 160 valence electrons. The molecule has 2 atom stereocenters. The minimum atomic E-state index is -0.933. The Morgan fingerprint density at radius 3 is 2.52 bits per heavy atom. The molecule has 1 aromatic carbocycles. The van der Waals surface area contributed by atoms with Gasteiger partial charge in [0.05, 0.1) is 23.9 Å². The molecule has 3 heterocycles. The number of aliphatic hydroxyl groups excluding tert-OH is 1. The van der Waals surface area contributed by atoms with Crippen molar-refractivity contribution in [1.29, 1.82) is 0 Å². The van der Waals surface area contributed by atoms with E-state index in [0.717, 1.165) is 22.5 Å². The molecule has 3 aromatic rings. The molecular formula is C24H25N3O4. The third kappa shape index (κ3) is 3.98. The molecule has 0 radical (unpaired) electrons. The lowest BCUT2D eigenvalue weighted by Gasteiger charge is -2.26. The van der Waals surface area contributed by atoms with Crippen molar-refractivity contribution < 1.29 is 19.7 Å². The largest absolute Gasteiger partial charge is 0.462 e. The Bertz CT molecular complexity index is 1080. The summed E-state index contributed by atoms with van der Waals surface area (Å²) in [6.45, 7) is 0.518. The van der Waals surface area contributed by atoms with Gasteiger partial charge in [0.15, 0.2) is 0 Å². The van der Waals surface area contributed by atoms with Gasteiger partial charge in [-0.3, -0.25) is 9.78 Å². The summed E-state index contributed by atoms with van der Waals surface area (Å²) in [5.74, 6) is 0.275. The van der Waals surface area contributed by atoms with Gasteiger partial charge in [-0.2, -0.15) is 0 Å². The zero-order chi connectivity index (χ0) is 21.4. The smallest absolute Gasteiger partial charge is 0.308 e. The third-order valence-corrected chi connectivity index (χ3v) is 6.02. The minimum absolute atomic E-state index is 0.0496. The van der Waals surface area contributed by atoms with Crippen molar-refractivity contribution >= 4 is 5.97 Å². The van der Waals surface area contributed by atoms with E-state index in [1.807, 2.05) is 42.5 Å². The number of ether oxygens (including phenoxy) is 1. The second kappa shape index (κ2) is 7.90. The number of imidazole rings is 1. The van der Waals surface area contributed by atoms with Crippen molar-refractivity contribution in [2.45, 2.75) is 56.5 Å². The highest BCUT2D eigenvalue weighted by atomic mass is 16.5. The van der Waals surface area contributed by atoms with Crippen LogP contribution in [0, 0.1) is 0 Å². The van der Waals surface area contributed by atoms with E-state index in [1.165, 1.54) is 0 Å². The Hall–Kier alpha value is -3.03. The highest BCUT2D eigenvalue weighted by molar-refractivity contribution is 5.79. The predicted molar refractivity (Wildman–Crippen MR) is 114 cm³/mol. The number of hydrogen-bond acceptors (Lipinski definition) is 6. The molecule has 2 fully saturated rings. The van der Waals surface area contributed by atoms with Gasteiger partial charge >= 0.3 is 5.97 Å². The highest BCUT2D eigenvalue weighted by Crippen LogP contribution is 2.47. The van der Waals surface area contributed by atoms with Crippen LogP contribution in [0.2, 0.25) is 0 Å². The van der Waals surface area contributed by atoms with Crippen LogP contribution >= 0.6 is 0 Å². The van der Waals surface area contributed by atoms with Gasteiger partial charge in [-0.25, -0.2) is 4.98 Å². The lowest BCUT2D eigenvalue weighted by atomic mass is 10.0. The lowest BCUT2D eigenvalue weighted by Crippen LogP contribution is -2.33. The molecule has 0 spiro atoms. The van der Waals surface area contributed by atoms with Crippen LogP contribution in [0.1, 0.15) is 37.9 Å².